The molecule has 4 heteroatoms. The summed E-state index contributed by atoms with van der Waals surface area (Å²) in [6.07, 6.45) is 0. The van der Waals surface area contributed by atoms with Crippen molar-refractivity contribution >= 4 is 17.3 Å². The Hall–Kier alpha value is -1.81. The highest BCUT2D eigenvalue weighted by Gasteiger charge is 2.08. The fourth-order valence-electron chi connectivity index (χ4n) is 1.51. The molecule has 0 unspecified atom stereocenters. The molecule has 94 valence electrons. The van der Waals surface area contributed by atoms with Crippen LogP contribution >= 0.6 is 11.3 Å². The van der Waals surface area contributed by atoms with Crippen LogP contribution in [-0.4, -0.2) is 12.6 Å². The molecule has 0 saturated carbocycles. The lowest BCUT2D eigenvalue weighted by Crippen LogP contribution is -2.03. The maximum absolute atomic E-state index is 11.6. The molecule has 1 aromatic carbocycles. The molecule has 0 atom stereocenters. The number of carbonyl (C=O) groups excluding carboxylic acids is 1. The molecule has 1 heterocycles. The largest absolute Gasteiger partial charge is 0.494 e. The average Bonchev–Trinajstić information content (AvgIpc) is 2.91. The van der Waals surface area contributed by atoms with Crippen molar-refractivity contribution in [3.63, 3.8) is 0 Å². The van der Waals surface area contributed by atoms with E-state index in [2.05, 4.69) is 0 Å². The number of carbonyl (C=O) groups is 1. The number of hydrogen-bond donors (Lipinski definition) is 0. The van der Waals surface area contributed by atoms with E-state index in [1.54, 1.807) is 6.07 Å². The zero-order chi connectivity index (χ0) is 12.8. The molecule has 0 spiro atoms. The van der Waals surface area contributed by atoms with Gasteiger partial charge in [0.05, 0.1) is 6.61 Å². The van der Waals surface area contributed by atoms with Crippen LogP contribution in [0.3, 0.4) is 0 Å². The quantitative estimate of drug-likeness (QED) is 0.774. The van der Waals surface area contributed by atoms with Gasteiger partial charge < -0.3 is 9.47 Å². The van der Waals surface area contributed by atoms with Gasteiger partial charge in [0.1, 0.15) is 17.2 Å². The second kappa shape index (κ2) is 6.21. The summed E-state index contributed by atoms with van der Waals surface area (Å²) in [5.74, 6) is 0.508. The van der Waals surface area contributed by atoms with Crippen LogP contribution in [0.2, 0.25) is 0 Å². The number of thiophene rings is 1. The van der Waals surface area contributed by atoms with Gasteiger partial charge in [-0.1, -0.05) is 18.2 Å². The van der Waals surface area contributed by atoms with Crippen LogP contribution in [0.4, 0.5) is 0 Å². The lowest BCUT2D eigenvalue weighted by molar-refractivity contribution is 0.0478. The first-order valence-electron chi connectivity index (χ1n) is 5.72. The summed E-state index contributed by atoms with van der Waals surface area (Å²) in [5, 5.41) is 1.85. The van der Waals surface area contributed by atoms with Crippen molar-refractivity contribution in [2.45, 2.75) is 13.5 Å². The second-order valence-electron chi connectivity index (χ2n) is 3.63. The summed E-state index contributed by atoms with van der Waals surface area (Å²) in [6.45, 7) is 2.82. The van der Waals surface area contributed by atoms with E-state index in [4.69, 9.17) is 9.47 Å². The van der Waals surface area contributed by atoms with E-state index in [-0.39, 0.29) is 12.6 Å². The summed E-state index contributed by atoms with van der Waals surface area (Å²) >= 11 is 1.38. The molecule has 18 heavy (non-hydrogen) atoms. The molecule has 0 N–H and O–H groups in total. The van der Waals surface area contributed by atoms with Crippen molar-refractivity contribution in [3.8, 4) is 5.75 Å². The number of rotatable bonds is 5. The second-order valence-corrected chi connectivity index (χ2v) is 4.58. The van der Waals surface area contributed by atoms with Gasteiger partial charge >= 0.3 is 5.97 Å². The van der Waals surface area contributed by atoms with Crippen molar-refractivity contribution in [3.05, 3.63) is 52.2 Å². The van der Waals surface area contributed by atoms with Gasteiger partial charge in [0.25, 0.3) is 0 Å². The third-order valence-corrected chi connectivity index (χ3v) is 3.15. The van der Waals surface area contributed by atoms with E-state index >= 15 is 0 Å². The topological polar surface area (TPSA) is 35.5 Å². The fourth-order valence-corrected chi connectivity index (χ4v) is 2.12. The molecule has 0 fully saturated rings. The molecule has 2 rings (SSSR count). The molecule has 0 aliphatic carbocycles. The highest BCUT2D eigenvalue weighted by molar-refractivity contribution is 7.11. The van der Waals surface area contributed by atoms with Crippen molar-refractivity contribution in [1.82, 2.24) is 0 Å². The Labute approximate surface area is 110 Å². The van der Waals surface area contributed by atoms with E-state index < -0.39 is 0 Å². The Balaban J connectivity index is 1.93. The van der Waals surface area contributed by atoms with Crippen molar-refractivity contribution < 1.29 is 14.3 Å². The first-order valence-corrected chi connectivity index (χ1v) is 6.60. The maximum Gasteiger partial charge on any atom is 0.348 e. The Morgan fingerprint density at radius 1 is 1.28 bits per heavy atom. The van der Waals surface area contributed by atoms with E-state index in [0.717, 1.165) is 11.3 Å². The molecule has 0 aliphatic heterocycles. The first kappa shape index (κ1) is 12.6. The molecule has 0 bridgehead atoms. The third kappa shape index (κ3) is 3.34. The van der Waals surface area contributed by atoms with Gasteiger partial charge in [0.2, 0.25) is 0 Å². The lowest BCUT2D eigenvalue weighted by atomic mass is 10.2. The van der Waals surface area contributed by atoms with Crippen LogP contribution in [0, 0.1) is 0 Å². The van der Waals surface area contributed by atoms with Gasteiger partial charge in [-0.15, -0.1) is 11.3 Å². The molecule has 0 amide bonds. The van der Waals surface area contributed by atoms with Gasteiger partial charge in [-0.3, -0.25) is 0 Å². The Bertz CT molecular complexity index is 506. The molecule has 0 radical (unpaired) electrons. The summed E-state index contributed by atoms with van der Waals surface area (Å²) in [6, 6.07) is 11.1. The molecular weight excluding hydrogens is 248 g/mol. The van der Waals surface area contributed by atoms with Crippen molar-refractivity contribution in [2.75, 3.05) is 6.61 Å². The van der Waals surface area contributed by atoms with Gasteiger partial charge in [0, 0.05) is 0 Å². The molecule has 2 aromatic rings. The number of hydrogen-bond acceptors (Lipinski definition) is 4. The highest BCUT2D eigenvalue weighted by Crippen LogP contribution is 2.15. The zero-order valence-electron chi connectivity index (χ0n) is 10.1. The predicted octanol–water partition coefficient (Wildman–Crippen LogP) is 3.50. The molecule has 3 nitrogen and oxygen atoms in total. The maximum atomic E-state index is 11.6. The Kier molecular flexibility index (Phi) is 4.36. The summed E-state index contributed by atoms with van der Waals surface area (Å²) in [5.41, 5.74) is 0.922. The third-order valence-electron chi connectivity index (χ3n) is 2.30. The zero-order valence-corrected chi connectivity index (χ0v) is 10.9. The minimum atomic E-state index is -0.285. The highest BCUT2D eigenvalue weighted by atomic mass is 32.1. The van der Waals surface area contributed by atoms with Crippen LogP contribution < -0.4 is 4.74 Å². The van der Waals surface area contributed by atoms with Crippen LogP contribution in [0.15, 0.2) is 41.8 Å². The van der Waals surface area contributed by atoms with Crippen LogP contribution in [-0.2, 0) is 11.3 Å². The first-order chi connectivity index (χ1) is 8.79. The van der Waals surface area contributed by atoms with Crippen LogP contribution in [0.25, 0.3) is 0 Å². The SMILES string of the molecule is CCOc1cccc(COC(=O)c2cccs2)c1. The van der Waals surface area contributed by atoms with Gasteiger partial charge in [-0.05, 0) is 36.1 Å². The molecular formula is C14H14O3S. The molecule has 1 aromatic heterocycles. The van der Waals surface area contributed by atoms with E-state index in [0.29, 0.717) is 11.5 Å². The van der Waals surface area contributed by atoms with Crippen LogP contribution in [0.1, 0.15) is 22.2 Å². The minimum Gasteiger partial charge on any atom is -0.494 e. The molecule has 0 aliphatic rings. The van der Waals surface area contributed by atoms with Gasteiger partial charge in [-0.25, -0.2) is 4.79 Å². The number of esters is 1. The van der Waals surface area contributed by atoms with Crippen LogP contribution in [0.5, 0.6) is 5.75 Å². The van der Waals surface area contributed by atoms with Gasteiger partial charge in [-0.2, -0.15) is 0 Å². The summed E-state index contributed by atoms with van der Waals surface area (Å²) < 4.78 is 10.6. The molecule has 0 saturated heterocycles. The van der Waals surface area contributed by atoms with E-state index in [9.17, 15) is 4.79 Å². The number of benzene rings is 1. The average molecular weight is 262 g/mol. The smallest absolute Gasteiger partial charge is 0.348 e. The summed E-state index contributed by atoms with van der Waals surface area (Å²) in [4.78, 5) is 12.3. The predicted molar refractivity (Wildman–Crippen MR) is 71.0 cm³/mol. The fraction of sp³-hybridized carbons (Fsp3) is 0.214. The minimum absolute atomic E-state index is 0.262. The number of ether oxygens (including phenoxy) is 2. The monoisotopic (exact) mass is 262 g/mol. The van der Waals surface area contributed by atoms with E-state index in [1.807, 2.05) is 42.6 Å². The Morgan fingerprint density at radius 2 is 2.17 bits per heavy atom. The summed E-state index contributed by atoms with van der Waals surface area (Å²) in [7, 11) is 0. The van der Waals surface area contributed by atoms with Crippen molar-refractivity contribution in [1.29, 1.82) is 0 Å². The van der Waals surface area contributed by atoms with Gasteiger partial charge in [0.15, 0.2) is 0 Å². The normalized spacial score (nSPS) is 10.1. The lowest BCUT2D eigenvalue weighted by Gasteiger charge is -2.06. The Morgan fingerprint density at radius 3 is 2.89 bits per heavy atom. The van der Waals surface area contributed by atoms with E-state index in [1.165, 1.54) is 11.3 Å². The standard InChI is InChI=1S/C14H14O3S/c1-2-16-12-6-3-5-11(9-12)10-17-14(15)13-7-4-8-18-13/h3-9H,2,10H2,1H3. The van der Waals surface area contributed by atoms with Crippen molar-refractivity contribution in [2.24, 2.45) is 0 Å².